The number of nitrogens with zero attached hydrogens (tertiary/aromatic N) is 2. The largest absolute Gasteiger partial charge is 0.342 e. The van der Waals surface area contributed by atoms with Crippen LogP contribution in [-0.4, -0.2) is 23.9 Å². The standard InChI is InChI=1S/C16H20N2O/c1-16(2)7-9-18(10-8-16)15(19)11-13-3-5-14(12-17)6-4-13/h3-6H,7-11H2,1-2H3. The van der Waals surface area contributed by atoms with E-state index in [9.17, 15) is 4.79 Å². The van der Waals surface area contributed by atoms with Gasteiger partial charge in [-0.2, -0.15) is 5.26 Å². The van der Waals surface area contributed by atoms with E-state index in [4.69, 9.17) is 5.26 Å². The first-order valence-electron chi connectivity index (χ1n) is 6.77. The molecule has 1 aromatic rings. The van der Waals surface area contributed by atoms with Gasteiger partial charge in [-0.15, -0.1) is 0 Å². The van der Waals surface area contributed by atoms with E-state index in [-0.39, 0.29) is 5.91 Å². The molecule has 1 heterocycles. The number of hydrogen-bond donors (Lipinski definition) is 0. The first kappa shape index (κ1) is 13.6. The van der Waals surface area contributed by atoms with E-state index in [0.29, 0.717) is 17.4 Å². The van der Waals surface area contributed by atoms with Crippen molar-refractivity contribution < 1.29 is 4.79 Å². The van der Waals surface area contributed by atoms with Crippen LogP contribution in [0.4, 0.5) is 0 Å². The molecule has 1 amide bonds. The molecule has 1 aliphatic rings. The smallest absolute Gasteiger partial charge is 0.226 e. The summed E-state index contributed by atoms with van der Waals surface area (Å²) in [5.41, 5.74) is 1.98. The summed E-state index contributed by atoms with van der Waals surface area (Å²) in [6.07, 6.45) is 2.59. The fourth-order valence-corrected chi connectivity index (χ4v) is 2.35. The molecule has 0 radical (unpaired) electrons. The summed E-state index contributed by atoms with van der Waals surface area (Å²) < 4.78 is 0. The van der Waals surface area contributed by atoms with Crippen LogP contribution >= 0.6 is 0 Å². The van der Waals surface area contributed by atoms with Crippen LogP contribution in [0.1, 0.15) is 37.8 Å². The van der Waals surface area contributed by atoms with Crippen molar-refractivity contribution >= 4 is 5.91 Å². The second kappa shape index (κ2) is 5.44. The quantitative estimate of drug-likeness (QED) is 0.816. The minimum absolute atomic E-state index is 0.195. The molecule has 3 nitrogen and oxygen atoms in total. The molecule has 0 saturated carbocycles. The van der Waals surface area contributed by atoms with Crippen molar-refractivity contribution in [2.75, 3.05) is 13.1 Å². The maximum atomic E-state index is 12.2. The maximum absolute atomic E-state index is 12.2. The number of amides is 1. The predicted octanol–water partition coefficient (Wildman–Crippen LogP) is 2.75. The van der Waals surface area contributed by atoms with Gasteiger partial charge in [-0.25, -0.2) is 0 Å². The minimum Gasteiger partial charge on any atom is -0.342 e. The lowest BCUT2D eigenvalue weighted by molar-refractivity contribution is -0.132. The van der Waals surface area contributed by atoms with Crippen molar-refractivity contribution in [1.82, 2.24) is 4.90 Å². The van der Waals surface area contributed by atoms with Gasteiger partial charge in [0.1, 0.15) is 0 Å². The Morgan fingerprint density at radius 3 is 2.37 bits per heavy atom. The summed E-state index contributed by atoms with van der Waals surface area (Å²) in [7, 11) is 0. The molecule has 0 N–H and O–H groups in total. The first-order valence-corrected chi connectivity index (χ1v) is 6.77. The van der Waals surface area contributed by atoms with Crippen LogP contribution in [0.15, 0.2) is 24.3 Å². The Morgan fingerprint density at radius 2 is 1.84 bits per heavy atom. The zero-order valence-corrected chi connectivity index (χ0v) is 11.6. The van der Waals surface area contributed by atoms with Gasteiger partial charge < -0.3 is 4.90 Å². The number of benzene rings is 1. The van der Waals surface area contributed by atoms with Gasteiger partial charge in [-0.1, -0.05) is 26.0 Å². The van der Waals surface area contributed by atoms with Crippen molar-refractivity contribution in [3.63, 3.8) is 0 Å². The zero-order valence-electron chi connectivity index (χ0n) is 11.6. The van der Waals surface area contributed by atoms with Gasteiger partial charge in [0, 0.05) is 13.1 Å². The Balaban J connectivity index is 1.92. The Morgan fingerprint density at radius 1 is 1.26 bits per heavy atom. The summed E-state index contributed by atoms with van der Waals surface area (Å²) in [6.45, 7) is 6.25. The van der Waals surface area contributed by atoms with E-state index in [2.05, 4.69) is 19.9 Å². The topological polar surface area (TPSA) is 44.1 Å². The predicted molar refractivity (Wildman–Crippen MR) is 74.5 cm³/mol. The molecule has 0 atom stereocenters. The molecule has 1 saturated heterocycles. The Hall–Kier alpha value is -1.82. The molecule has 100 valence electrons. The van der Waals surface area contributed by atoms with Gasteiger partial charge in [0.2, 0.25) is 5.91 Å². The highest BCUT2D eigenvalue weighted by atomic mass is 16.2. The number of likely N-dealkylation sites (tertiary alicyclic amines) is 1. The summed E-state index contributed by atoms with van der Waals surface area (Å²) in [5, 5.41) is 8.74. The molecular formula is C16H20N2O. The molecular weight excluding hydrogens is 236 g/mol. The molecule has 1 aromatic carbocycles. The second-order valence-electron chi connectivity index (χ2n) is 6.03. The molecule has 0 aromatic heterocycles. The van der Waals surface area contributed by atoms with Gasteiger partial charge in [0.05, 0.1) is 18.1 Å². The molecule has 3 heteroatoms. The van der Waals surface area contributed by atoms with Crippen LogP contribution in [0.5, 0.6) is 0 Å². The highest BCUT2D eigenvalue weighted by Gasteiger charge is 2.27. The molecule has 1 fully saturated rings. The van der Waals surface area contributed by atoms with Gasteiger partial charge in [-0.05, 0) is 36.0 Å². The van der Waals surface area contributed by atoms with Crippen molar-refractivity contribution in [1.29, 1.82) is 5.26 Å². The van der Waals surface area contributed by atoms with Crippen LogP contribution in [-0.2, 0) is 11.2 Å². The fraction of sp³-hybridized carbons (Fsp3) is 0.500. The van der Waals surface area contributed by atoms with Crippen molar-refractivity contribution in [2.45, 2.75) is 33.1 Å². The maximum Gasteiger partial charge on any atom is 0.226 e. The van der Waals surface area contributed by atoms with Crippen LogP contribution in [0.25, 0.3) is 0 Å². The highest BCUT2D eigenvalue weighted by molar-refractivity contribution is 5.78. The van der Waals surface area contributed by atoms with Crippen LogP contribution in [0.3, 0.4) is 0 Å². The fourth-order valence-electron chi connectivity index (χ4n) is 2.35. The first-order chi connectivity index (χ1) is 9.00. The van der Waals surface area contributed by atoms with Crippen LogP contribution in [0.2, 0.25) is 0 Å². The van der Waals surface area contributed by atoms with E-state index < -0.39 is 0 Å². The van der Waals surface area contributed by atoms with E-state index in [1.54, 1.807) is 12.1 Å². The third-order valence-corrected chi connectivity index (χ3v) is 3.91. The lowest BCUT2D eigenvalue weighted by Gasteiger charge is -2.37. The second-order valence-corrected chi connectivity index (χ2v) is 6.03. The van der Waals surface area contributed by atoms with Crippen LogP contribution < -0.4 is 0 Å². The summed E-state index contributed by atoms with van der Waals surface area (Å²) in [5.74, 6) is 0.195. The highest BCUT2D eigenvalue weighted by Crippen LogP contribution is 2.29. The van der Waals surface area contributed by atoms with E-state index >= 15 is 0 Å². The zero-order chi connectivity index (χ0) is 13.9. The van der Waals surface area contributed by atoms with E-state index in [1.807, 2.05) is 17.0 Å². The Labute approximate surface area is 114 Å². The number of carbonyl (C=O) groups is 1. The number of nitriles is 1. The molecule has 0 aliphatic carbocycles. The van der Waals surface area contributed by atoms with Gasteiger partial charge >= 0.3 is 0 Å². The van der Waals surface area contributed by atoms with Crippen LogP contribution in [0, 0.1) is 16.7 Å². The normalized spacial score (nSPS) is 17.8. The lowest BCUT2D eigenvalue weighted by Crippen LogP contribution is -2.41. The van der Waals surface area contributed by atoms with E-state index in [0.717, 1.165) is 31.5 Å². The number of piperidine rings is 1. The van der Waals surface area contributed by atoms with Gasteiger partial charge in [0.25, 0.3) is 0 Å². The monoisotopic (exact) mass is 256 g/mol. The Bertz CT molecular complexity index is 486. The van der Waals surface area contributed by atoms with E-state index in [1.165, 1.54) is 0 Å². The summed E-state index contributed by atoms with van der Waals surface area (Å²) in [6, 6.07) is 9.35. The summed E-state index contributed by atoms with van der Waals surface area (Å²) >= 11 is 0. The molecule has 0 unspecified atom stereocenters. The molecule has 2 rings (SSSR count). The van der Waals surface area contributed by atoms with Crippen molar-refractivity contribution in [3.8, 4) is 6.07 Å². The minimum atomic E-state index is 0.195. The number of hydrogen-bond acceptors (Lipinski definition) is 2. The molecule has 1 aliphatic heterocycles. The third-order valence-electron chi connectivity index (χ3n) is 3.91. The molecule has 0 bridgehead atoms. The van der Waals surface area contributed by atoms with Crippen molar-refractivity contribution in [2.24, 2.45) is 5.41 Å². The molecule has 0 spiro atoms. The average Bonchev–Trinajstić information content (AvgIpc) is 2.39. The number of carbonyl (C=O) groups excluding carboxylic acids is 1. The summed E-state index contributed by atoms with van der Waals surface area (Å²) in [4.78, 5) is 14.2. The number of rotatable bonds is 2. The third kappa shape index (κ3) is 3.57. The average molecular weight is 256 g/mol. The molecule has 19 heavy (non-hydrogen) atoms. The van der Waals surface area contributed by atoms with Gasteiger partial charge in [0.15, 0.2) is 0 Å². The lowest BCUT2D eigenvalue weighted by atomic mass is 9.82. The Kier molecular flexibility index (Phi) is 3.90. The SMILES string of the molecule is CC1(C)CCN(C(=O)Cc2ccc(C#N)cc2)CC1. The van der Waals surface area contributed by atoms with Crippen molar-refractivity contribution in [3.05, 3.63) is 35.4 Å². The van der Waals surface area contributed by atoms with Gasteiger partial charge in [-0.3, -0.25) is 4.79 Å².